The Hall–Kier alpha value is -3.06. The van der Waals surface area contributed by atoms with Gasteiger partial charge in [-0.25, -0.2) is 4.39 Å². The van der Waals surface area contributed by atoms with Gasteiger partial charge in [0.1, 0.15) is 5.82 Å². The number of aromatic nitrogens is 3. The van der Waals surface area contributed by atoms with Crippen LogP contribution in [0, 0.1) is 5.82 Å². The van der Waals surface area contributed by atoms with E-state index < -0.39 is 0 Å². The molecule has 0 aliphatic carbocycles. The third-order valence-corrected chi connectivity index (χ3v) is 3.91. The summed E-state index contributed by atoms with van der Waals surface area (Å²) in [5.74, 6) is -0.596. The number of halogens is 1. The third kappa shape index (κ3) is 4.12. The van der Waals surface area contributed by atoms with Crippen molar-refractivity contribution in [2.45, 2.75) is 6.54 Å². The molecule has 1 aromatic carbocycles. The lowest BCUT2D eigenvalue weighted by Gasteiger charge is -2.22. The molecule has 134 valence electrons. The van der Waals surface area contributed by atoms with Gasteiger partial charge in [0, 0.05) is 25.4 Å². The second kappa shape index (κ2) is 8.35. The molecule has 0 aliphatic rings. The highest BCUT2D eigenvalue weighted by Gasteiger charge is 2.22. The van der Waals surface area contributed by atoms with Gasteiger partial charge in [0.15, 0.2) is 0 Å². The smallest absolute Gasteiger partial charge is 0.258 e. The van der Waals surface area contributed by atoms with E-state index in [-0.39, 0.29) is 11.7 Å². The van der Waals surface area contributed by atoms with Crippen LogP contribution in [-0.4, -0.2) is 46.2 Å². The zero-order valence-electron chi connectivity index (χ0n) is 14.4. The molecule has 1 N–H and O–H groups in total. The maximum absolute atomic E-state index is 13.6. The highest BCUT2D eigenvalue weighted by atomic mass is 19.1. The van der Waals surface area contributed by atoms with Crippen LogP contribution in [0.4, 0.5) is 4.39 Å². The topological polar surface area (TPSA) is 71.1 Å². The summed E-state index contributed by atoms with van der Waals surface area (Å²) < 4.78 is 18.7. The fraction of sp³-hybridized carbons (Fsp3) is 0.211. The van der Waals surface area contributed by atoms with Gasteiger partial charge >= 0.3 is 0 Å². The minimum absolute atomic E-state index is 0.222. The van der Waals surface area contributed by atoms with Crippen LogP contribution < -0.4 is 0 Å². The Bertz CT molecular complexity index is 867. The summed E-state index contributed by atoms with van der Waals surface area (Å²) in [6.07, 6.45) is 3.14. The average molecular weight is 354 g/mol. The maximum atomic E-state index is 13.6. The number of H-pyrrole nitrogens is 1. The van der Waals surface area contributed by atoms with Gasteiger partial charge in [0.25, 0.3) is 5.91 Å². The van der Waals surface area contributed by atoms with Crippen LogP contribution in [0.25, 0.3) is 11.3 Å². The first-order valence-electron chi connectivity index (χ1n) is 8.16. The second-order valence-electron chi connectivity index (χ2n) is 5.71. The first-order valence-corrected chi connectivity index (χ1v) is 8.16. The van der Waals surface area contributed by atoms with Gasteiger partial charge in [-0.1, -0.05) is 18.2 Å². The van der Waals surface area contributed by atoms with Gasteiger partial charge in [0.2, 0.25) is 0 Å². The standard InChI is InChI=1S/C19H19FN4O2/c1-26-10-9-24(13-16-7-2-3-8-21-16)19(25)17-12-22-23-18(17)14-5-4-6-15(20)11-14/h2-8,11-12H,9-10,13H2,1H3,(H,22,23). The van der Waals surface area contributed by atoms with Crippen LogP contribution in [-0.2, 0) is 11.3 Å². The van der Waals surface area contributed by atoms with E-state index >= 15 is 0 Å². The highest BCUT2D eigenvalue weighted by Crippen LogP contribution is 2.23. The minimum atomic E-state index is -0.375. The summed E-state index contributed by atoms with van der Waals surface area (Å²) in [6, 6.07) is 11.6. The summed E-state index contributed by atoms with van der Waals surface area (Å²) in [7, 11) is 1.58. The van der Waals surface area contributed by atoms with E-state index in [4.69, 9.17) is 4.74 Å². The number of nitrogens with one attached hydrogen (secondary N) is 1. The Kier molecular flexibility index (Phi) is 5.70. The van der Waals surface area contributed by atoms with Crippen molar-refractivity contribution < 1.29 is 13.9 Å². The fourth-order valence-electron chi connectivity index (χ4n) is 2.62. The van der Waals surface area contributed by atoms with Crippen LogP contribution in [0.1, 0.15) is 16.1 Å². The summed E-state index contributed by atoms with van der Waals surface area (Å²) in [5.41, 5.74) is 2.20. The van der Waals surface area contributed by atoms with Crippen LogP contribution in [0.5, 0.6) is 0 Å². The molecular weight excluding hydrogens is 335 g/mol. The Morgan fingerprint density at radius 2 is 2.15 bits per heavy atom. The van der Waals surface area contributed by atoms with E-state index in [1.807, 2.05) is 18.2 Å². The normalized spacial score (nSPS) is 10.7. The van der Waals surface area contributed by atoms with Crippen LogP contribution in [0.2, 0.25) is 0 Å². The van der Waals surface area contributed by atoms with Crippen molar-refractivity contribution in [2.75, 3.05) is 20.3 Å². The first-order chi connectivity index (χ1) is 12.7. The van der Waals surface area contributed by atoms with Crippen molar-refractivity contribution in [1.82, 2.24) is 20.1 Å². The third-order valence-electron chi connectivity index (χ3n) is 3.91. The molecule has 0 unspecified atom stereocenters. The minimum Gasteiger partial charge on any atom is -0.383 e. The average Bonchev–Trinajstić information content (AvgIpc) is 3.15. The summed E-state index contributed by atoms with van der Waals surface area (Å²) >= 11 is 0. The van der Waals surface area contributed by atoms with E-state index in [9.17, 15) is 9.18 Å². The van der Waals surface area contributed by atoms with Gasteiger partial charge in [-0.2, -0.15) is 5.10 Å². The number of nitrogens with zero attached hydrogens (tertiary/aromatic N) is 3. The van der Waals surface area contributed by atoms with Crippen molar-refractivity contribution in [3.63, 3.8) is 0 Å². The Morgan fingerprint density at radius 3 is 2.88 bits per heavy atom. The second-order valence-corrected chi connectivity index (χ2v) is 5.71. The lowest BCUT2D eigenvalue weighted by atomic mass is 10.1. The van der Waals surface area contributed by atoms with Crippen molar-refractivity contribution in [3.05, 3.63) is 71.9 Å². The molecule has 7 heteroatoms. The van der Waals surface area contributed by atoms with Crippen molar-refractivity contribution in [3.8, 4) is 11.3 Å². The van der Waals surface area contributed by atoms with E-state index in [0.29, 0.717) is 36.5 Å². The Labute approximate surface area is 150 Å². The number of aromatic amines is 1. The molecule has 2 aromatic heterocycles. The van der Waals surface area contributed by atoms with Gasteiger partial charge in [-0.15, -0.1) is 0 Å². The SMILES string of the molecule is COCCN(Cc1ccccn1)C(=O)c1cn[nH]c1-c1cccc(F)c1. The van der Waals surface area contributed by atoms with Crippen molar-refractivity contribution >= 4 is 5.91 Å². The molecular formula is C19H19FN4O2. The van der Waals surface area contributed by atoms with E-state index in [0.717, 1.165) is 5.69 Å². The monoisotopic (exact) mass is 354 g/mol. The number of rotatable bonds is 7. The van der Waals surface area contributed by atoms with Gasteiger partial charge in [-0.3, -0.25) is 14.9 Å². The van der Waals surface area contributed by atoms with E-state index in [1.54, 1.807) is 30.3 Å². The molecule has 3 rings (SSSR count). The molecule has 0 bridgehead atoms. The lowest BCUT2D eigenvalue weighted by Crippen LogP contribution is -2.33. The molecule has 1 amide bonds. The summed E-state index contributed by atoms with van der Waals surface area (Å²) in [6.45, 7) is 1.14. The van der Waals surface area contributed by atoms with Gasteiger partial charge in [-0.05, 0) is 24.3 Å². The molecule has 0 fully saturated rings. The highest BCUT2D eigenvalue weighted by molar-refractivity contribution is 5.99. The number of hydrogen-bond acceptors (Lipinski definition) is 4. The molecule has 26 heavy (non-hydrogen) atoms. The molecule has 2 heterocycles. The number of methoxy groups -OCH3 is 1. The lowest BCUT2D eigenvalue weighted by molar-refractivity contribution is 0.0679. The first kappa shape index (κ1) is 17.8. The molecule has 0 atom stereocenters. The quantitative estimate of drug-likeness (QED) is 0.708. The zero-order valence-corrected chi connectivity index (χ0v) is 14.4. The molecule has 6 nitrogen and oxygen atoms in total. The zero-order chi connectivity index (χ0) is 18.4. The number of pyridine rings is 1. The van der Waals surface area contributed by atoms with Crippen molar-refractivity contribution in [1.29, 1.82) is 0 Å². The molecule has 0 aliphatic heterocycles. The molecule has 3 aromatic rings. The van der Waals surface area contributed by atoms with Gasteiger partial charge < -0.3 is 9.64 Å². The van der Waals surface area contributed by atoms with Crippen LogP contribution in [0.3, 0.4) is 0 Å². The Balaban J connectivity index is 1.88. The summed E-state index contributed by atoms with van der Waals surface area (Å²) in [5, 5.41) is 6.77. The van der Waals surface area contributed by atoms with Gasteiger partial charge in [0.05, 0.1) is 36.3 Å². The predicted octanol–water partition coefficient (Wildman–Crippen LogP) is 2.90. The van der Waals surface area contributed by atoms with Crippen LogP contribution in [0.15, 0.2) is 54.9 Å². The molecule has 0 radical (unpaired) electrons. The fourth-order valence-corrected chi connectivity index (χ4v) is 2.62. The summed E-state index contributed by atoms with van der Waals surface area (Å²) in [4.78, 5) is 19.0. The van der Waals surface area contributed by atoms with E-state index in [2.05, 4.69) is 15.2 Å². The predicted molar refractivity (Wildman–Crippen MR) is 94.8 cm³/mol. The number of ether oxygens (including phenoxy) is 1. The number of carbonyl (C=O) groups is 1. The number of benzene rings is 1. The van der Waals surface area contributed by atoms with Crippen molar-refractivity contribution in [2.24, 2.45) is 0 Å². The van der Waals surface area contributed by atoms with E-state index in [1.165, 1.54) is 18.3 Å². The number of carbonyl (C=O) groups excluding carboxylic acids is 1. The Morgan fingerprint density at radius 1 is 1.27 bits per heavy atom. The van der Waals surface area contributed by atoms with Crippen LogP contribution >= 0.6 is 0 Å². The molecule has 0 saturated heterocycles. The number of hydrogen-bond donors (Lipinski definition) is 1. The molecule has 0 spiro atoms. The maximum Gasteiger partial charge on any atom is 0.258 e. The molecule has 0 saturated carbocycles. The number of amides is 1. The largest absolute Gasteiger partial charge is 0.383 e.